The average molecular weight is 258 g/mol. The van der Waals surface area contributed by atoms with Crippen LogP contribution in [0, 0.1) is 0 Å². The second-order valence-electron chi connectivity index (χ2n) is 6.09. The van der Waals surface area contributed by atoms with E-state index in [-0.39, 0.29) is 0 Å². The first-order chi connectivity index (χ1) is 9.38. The van der Waals surface area contributed by atoms with E-state index in [1.165, 1.54) is 56.3 Å². The van der Waals surface area contributed by atoms with Crippen LogP contribution in [0.3, 0.4) is 0 Å². The third-order valence-corrected chi connectivity index (χ3v) is 4.70. The van der Waals surface area contributed by atoms with Crippen LogP contribution in [0.15, 0.2) is 24.3 Å². The van der Waals surface area contributed by atoms with Crippen molar-refractivity contribution in [2.24, 2.45) is 0 Å². The Hall–Kier alpha value is -1.02. The van der Waals surface area contributed by atoms with Gasteiger partial charge < -0.3 is 10.2 Å². The number of fused-ring (bicyclic) bond motifs is 1. The van der Waals surface area contributed by atoms with E-state index in [1.54, 1.807) is 0 Å². The molecule has 1 aliphatic carbocycles. The number of hydrogen-bond donors (Lipinski definition) is 1. The molecule has 19 heavy (non-hydrogen) atoms. The summed E-state index contributed by atoms with van der Waals surface area (Å²) in [6.07, 6.45) is 8.15. The SMILES string of the molecule is CCCC1CN(C2CCCC2)c2ccccc2CN1. The summed E-state index contributed by atoms with van der Waals surface area (Å²) in [6.45, 7) is 4.51. The fourth-order valence-corrected chi connectivity index (χ4v) is 3.70. The first kappa shape index (κ1) is 13.0. The van der Waals surface area contributed by atoms with E-state index < -0.39 is 0 Å². The third-order valence-electron chi connectivity index (χ3n) is 4.70. The summed E-state index contributed by atoms with van der Waals surface area (Å²) < 4.78 is 0. The van der Waals surface area contributed by atoms with Crippen LogP contribution < -0.4 is 10.2 Å². The van der Waals surface area contributed by atoms with Crippen LogP contribution in [0.5, 0.6) is 0 Å². The molecule has 0 saturated heterocycles. The monoisotopic (exact) mass is 258 g/mol. The molecule has 0 spiro atoms. The van der Waals surface area contributed by atoms with Crippen molar-refractivity contribution < 1.29 is 0 Å². The van der Waals surface area contributed by atoms with Crippen molar-refractivity contribution in [1.82, 2.24) is 5.32 Å². The molecule has 104 valence electrons. The Morgan fingerprint density at radius 2 is 2.00 bits per heavy atom. The predicted molar refractivity (Wildman–Crippen MR) is 81.6 cm³/mol. The van der Waals surface area contributed by atoms with Crippen molar-refractivity contribution in [2.75, 3.05) is 11.4 Å². The lowest BCUT2D eigenvalue weighted by molar-refractivity contribution is 0.461. The maximum absolute atomic E-state index is 3.75. The molecule has 1 aromatic rings. The number of para-hydroxylation sites is 1. The van der Waals surface area contributed by atoms with Crippen molar-refractivity contribution >= 4 is 5.69 Å². The zero-order valence-corrected chi connectivity index (χ0v) is 12.1. The van der Waals surface area contributed by atoms with Gasteiger partial charge in [0.25, 0.3) is 0 Å². The highest BCUT2D eigenvalue weighted by Gasteiger charge is 2.28. The molecule has 1 atom stereocenters. The number of nitrogens with one attached hydrogen (secondary N) is 1. The van der Waals surface area contributed by atoms with Gasteiger partial charge in [-0.05, 0) is 30.9 Å². The Labute approximate surface area is 117 Å². The van der Waals surface area contributed by atoms with Gasteiger partial charge in [0, 0.05) is 30.9 Å². The van der Waals surface area contributed by atoms with Crippen molar-refractivity contribution in [3.63, 3.8) is 0 Å². The van der Waals surface area contributed by atoms with E-state index in [1.807, 2.05) is 0 Å². The average Bonchev–Trinajstić information content (AvgIpc) is 2.90. The quantitative estimate of drug-likeness (QED) is 0.889. The smallest absolute Gasteiger partial charge is 0.0414 e. The van der Waals surface area contributed by atoms with Crippen LogP contribution in [0.4, 0.5) is 5.69 Å². The molecule has 1 aromatic carbocycles. The van der Waals surface area contributed by atoms with Gasteiger partial charge in [0.05, 0.1) is 0 Å². The minimum absolute atomic E-state index is 0.651. The van der Waals surface area contributed by atoms with Crippen LogP contribution in [0.1, 0.15) is 51.0 Å². The molecule has 2 nitrogen and oxygen atoms in total. The van der Waals surface area contributed by atoms with Crippen LogP contribution in [-0.2, 0) is 6.54 Å². The summed E-state index contributed by atoms with van der Waals surface area (Å²) in [5.41, 5.74) is 2.97. The standard InChI is InChI=1S/C17H26N2/c1-2-7-15-13-19(16-9-4-5-10-16)17-11-6-3-8-14(17)12-18-15/h3,6,8,11,15-16,18H,2,4-5,7,9-10,12-13H2,1H3. The van der Waals surface area contributed by atoms with Gasteiger partial charge in [-0.3, -0.25) is 0 Å². The molecule has 1 aliphatic heterocycles. The molecule has 3 rings (SSSR count). The zero-order chi connectivity index (χ0) is 13.1. The molecule has 2 heteroatoms. The molecule has 1 heterocycles. The minimum atomic E-state index is 0.651. The number of benzene rings is 1. The van der Waals surface area contributed by atoms with Gasteiger partial charge in [0.1, 0.15) is 0 Å². The van der Waals surface area contributed by atoms with Crippen molar-refractivity contribution in [2.45, 2.75) is 64.1 Å². The van der Waals surface area contributed by atoms with Gasteiger partial charge >= 0.3 is 0 Å². The van der Waals surface area contributed by atoms with Crippen molar-refractivity contribution in [3.05, 3.63) is 29.8 Å². The van der Waals surface area contributed by atoms with E-state index in [0.717, 1.165) is 12.6 Å². The topological polar surface area (TPSA) is 15.3 Å². The fourth-order valence-electron chi connectivity index (χ4n) is 3.70. The summed E-state index contributed by atoms with van der Waals surface area (Å²) in [7, 11) is 0. The Bertz CT molecular complexity index is 409. The number of rotatable bonds is 3. The lowest BCUT2D eigenvalue weighted by Crippen LogP contribution is -2.42. The minimum Gasteiger partial charge on any atom is -0.367 e. The highest BCUT2D eigenvalue weighted by molar-refractivity contribution is 5.55. The van der Waals surface area contributed by atoms with Gasteiger partial charge in [0.2, 0.25) is 0 Å². The van der Waals surface area contributed by atoms with Crippen LogP contribution >= 0.6 is 0 Å². The summed E-state index contributed by atoms with van der Waals surface area (Å²) >= 11 is 0. The van der Waals surface area contributed by atoms with E-state index in [2.05, 4.69) is 41.4 Å². The predicted octanol–water partition coefficient (Wildman–Crippen LogP) is 3.71. The molecular formula is C17H26N2. The highest BCUT2D eigenvalue weighted by atomic mass is 15.2. The van der Waals surface area contributed by atoms with Crippen molar-refractivity contribution in [3.8, 4) is 0 Å². The second-order valence-corrected chi connectivity index (χ2v) is 6.09. The molecule has 0 aromatic heterocycles. The molecule has 2 aliphatic rings. The van der Waals surface area contributed by atoms with Crippen molar-refractivity contribution in [1.29, 1.82) is 0 Å². The summed E-state index contributed by atoms with van der Waals surface area (Å²) in [5.74, 6) is 0. The molecule has 0 radical (unpaired) electrons. The van der Waals surface area contributed by atoms with Gasteiger partial charge in [-0.25, -0.2) is 0 Å². The number of hydrogen-bond acceptors (Lipinski definition) is 2. The maximum atomic E-state index is 3.75. The van der Waals surface area contributed by atoms with E-state index in [4.69, 9.17) is 0 Å². The highest BCUT2D eigenvalue weighted by Crippen LogP contribution is 2.32. The Morgan fingerprint density at radius 1 is 1.21 bits per heavy atom. The number of anilines is 1. The van der Waals surface area contributed by atoms with E-state index >= 15 is 0 Å². The summed E-state index contributed by atoms with van der Waals surface area (Å²) in [6, 6.07) is 10.4. The van der Waals surface area contributed by atoms with Crippen LogP contribution in [0.25, 0.3) is 0 Å². The largest absolute Gasteiger partial charge is 0.367 e. The molecule has 1 unspecified atom stereocenters. The van der Waals surface area contributed by atoms with Gasteiger partial charge in [0.15, 0.2) is 0 Å². The maximum Gasteiger partial charge on any atom is 0.0414 e. The Balaban J connectivity index is 1.87. The first-order valence-corrected chi connectivity index (χ1v) is 7.96. The van der Waals surface area contributed by atoms with Gasteiger partial charge in [-0.1, -0.05) is 44.4 Å². The molecule has 1 saturated carbocycles. The van der Waals surface area contributed by atoms with Crippen LogP contribution in [0.2, 0.25) is 0 Å². The van der Waals surface area contributed by atoms with E-state index in [9.17, 15) is 0 Å². The number of nitrogens with zero attached hydrogens (tertiary/aromatic N) is 1. The normalized spacial score (nSPS) is 24.3. The second kappa shape index (κ2) is 5.96. The lowest BCUT2D eigenvalue weighted by atomic mass is 10.1. The summed E-state index contributed by atoms with van der Waals surface area (Å²) in [4.78, 5) is 2.71. The van der Waals surface area contributed by atoms with E-state index in [0.29, 0.717) is 6.04 Å². The Morgan fingerprint density at radius 3 is 2.79 bits per heavy atom. The van der Waals surface area contributed by atoms with Gasteiger partial charge in [-0.2, -0.15) is 0 Å². The first-order valence-electron chi connectivity index (χ1n) is 7.96. The summed E-state index contributed by atoms with van der Waals surface area (Å²) in [5, 5.41) is 3.75. The Kier molecular flexibility index (Phi) is 4.07. The van der Waals surface area contributed by atoms with Crippen LogP contribution in [-0.4, -0.2) is 18.6 Å². The molecule has 0 amide bonds. The third kappa shape index (κ3) is 2.79. The molecule has 1 fully saturated rings. The lowest BCUT2D eigenvalue weighted by Gasteiger charge is -2.33. The zero-order valence-electron chi connectivity index (χ0n) is 12.1. The fraction of sp³-hybridized carbons (Fsp3) is 0.647. The van der Waals surface area contributed by atoms with Gasteiger partial charge in [-0.15, -0.1) is 0 Å². The molecule has 1 N–H and O–H groups in total. The molecular weight excluding hydrogens is 232 g/mol. The molecule has 0 bridgehead atoms.